The van der Waals surface area contributed by atoms with Crippen LogP contribution >= 0.6 is 0 Å². The molecule has 6 heteroatoms. The quantitative estimate of drug-likeness (QED) is 0.752. The molecule has 3 rings (SSSR count). The molecule has 0 aliphatic rings. The topological polar surface area (TPSA) is 72.5 Å². The number of nitrogens with one attached hydrogen (secondary N) is 1. The van der Waals surface area contributed by atoms with Gasteiger partial charge < -0.3 is 5.73 Å². The normalized spacial score (nSPS) is 10.9. The third-order valence-corrected chi connectivity index (χ3v) is 3.29. The lowest BCUT2D eigenvalue weighted by atomic mass is 10.0. The Morgan fingerprint density at radius 3 is 2.80 bits per heavy atom. The Balaban J connectivity index is 2.28. The van der Waals surface area contributed by atoms with E-state index in [1.54, 1.807) is 24.0 Å². The Kier molecular flexibility index (Phi) is 2.78. The molecule has 102 valence electrons. The summed E-state index contributed by atoms with van der Waals surface area (Å²) in [4.78, 5) is 0. The van der Waals surface area contributed by atoms with E-state index in [0.717, 1.165) is 16.8 Å². The SMILES string of the molecule is Cc1[nH]ncc1-c1nn(C)c(N)c1-c1cccc(F)c1. The number of aromatic nitrogens is 4. The van der Waals surface area contributed by atoms with Gasteiger partial charge in [0.15, 0.2) is 0 Å². The van der Waals surface area contributed by atoms with Crippen LogP contribution in [-0.4, -0.2) is 20.0 Å². The molecule has 1 aromatic carbocycles. The van der Waals surface area contributed by atoms with Crippen LogP contribution in [0, 0.1) is 12.7 Å². The van der Waals surface area contributed by atoms with Crippen LogP contribution in [0.3, 0.4) is 0 Å². The van der Waals surface area contributed by atoms with Crippen molar-refractivity contribution in [2.45, 2.75) is 6.92 Å². The molecule has 0 radical (unpaired) electrons. The molecule has 2 aromatic heterocycles. The smallest absolute Gasteiger partial charge is 0.129 e. The minimum Gasteiger partial charge on any atom is -0.383 e. The molecular formula is C14H14FN5. The Bertz CT molecular complexity index is 772. The zero-order chi connectivity index (χ0) is 14.3. The van der Waals surface area contributed by atoms with Crippen LogP contribution in [0.2, 0.25) is 0 Å². The highest BCUT2D eigenvalue weighted by molar-refractivity contribution is 5.88. The summed E-state index contributed by atoms with van der Waals surface area (Å²) in [5.74, 6) is 0.187. The molecule has 0 amide bonds. The first-order valence-corrected chi connectivity index (χ1v) is 6.16. The maximum Gasteiger partial charge on any atom is 0.129 e. The summed E-state index contributed by atoms with van der Waals surface area (Å²) < 4.78 is 15.0. The first-order valence-electron chi connectivity index (χ1n) is 6.16. The number of nitrogen functional groups attached to an aromatic ring is 1. The van der Waals surface area contributed by atoms with Crippen LogP contribution in [0.1, 0.15) is 5.69 Å². The van der Waals surface area contributed by atoms with Crippen molar-refractivity contribution in [1.29, 1.82) is 0 Å². The van der Waals surface area contributed by atoms with Crippen molar-refractivity contribution < 1.29 is 4.39 Å². The predicted molar refractivity (Wildman–Crippen MR) is 75.3 cm³/mol. The van der Waals surface area contributed by atoms with Crippen molar-refractivity contribution >= 4 is 5.82 Å². The average Bonchev–Trinajstić information content (AvgIpc) is 2.94. The predicted octanol–water partition coefficient (Wildman–Crippen LogP) is 2.51. The molecule has 0 saturated heterocycles. The zero-order valence-corrected chi connectivity index (χ0v) is 11.2. The van der Waals surface area contributed by atoms with E-state index < -0.39 is 0 Å². The maximum atomic E-state index is 13.5. The van der Waals surface area contributed by atoms with Crippen LogP contribution in [0.25, 0.3) is 22.4 Å². The fourth-order valence-electron chi connectivity index (χ4n) is 2.24. The molecule has 0 fully saturated rings. The van der Waals surface area contributed by atoms with Crippen molar-refractivity contribution in [2.24, 2.45) is 7.05 Å². The highest BCUT2D eigenvalue weighted by Gasteiger charge is 2.19. The molecule has 0 atom stereocenters. The van der Waals surface area contributed by atoms with Crippen molar-refractivity contribution in [1.82, 2.24) is 20.0 Å². The number of hydrogen-bond acceptors (Lipinski definition) is 3. The van der Waals surface area contributed by atoms with Gasteiger partial charge in [0.25, 0.3) is 0 Å². The first-order chi connectivity index (χ1) is 9.58. The monoisotopic (exact) mass is 271 g/mol. The lowest BCUT2D eigenvalue weighted by Gasteiger charge is -2.04. The average molecular weight is 271 g/mol. The van der Waals surface area contributed by atoms with Gasteiger partial charge in [-0.2, -0.15) is 10.2 Å². The molecule has 0 bridgehead atoms. The van der Waals surface area contributed by atoms with Gasteiger partial charge in [-0.15, -0.1) is 0 Å². The number of aromatic amines is 1. The molecule has 5 nitrogen and oxygen atoms in total. The number of anilines is 1. The van der Waals surface area contributed by atoms with Gasteiger partial charge >= 0.3 is 0 Å². The third-order valence-electron chi connectivity index (χ3n) is 3.29. The summed E-state index contributed by atoms with van der Waals surface area (Å²) in [7, 11) is 1.76. The van der Waals surface area contributed by atoms with Crippen molar-refractivity contribution in [3.8, 4) is 22.4 Å². The minimum atomic E-state index is -0.305. The van der Waals surface area contributed by atoms with E-state index in [1.165, 1.54) is 12.1 Å². The number of H-pyrrole nitrogens is 1. The van der Waals surface area contributed by atoms with E-state index >= 15 is 0 Å². The van der Waals surface area contributed by atoms with Gasteiger partial charge in [-0.3, -0.25) is 9.78 Å². The summed E-state index contributed by atoms with van der Waals surface area (Å²) >= 11 is 0. The molecule has 20 heavy (non-hydrogen) atoms. The molecule has 0 unspecified atom stereocenters. The van der Waals surface area contributed by atoms with E-state index in [9.17, 15) is 4.39 Å². The molecule has 0 saturated carbocycles. The van der Waals surface area contributed by atoms with Gasteiger partial charge in [0, 0.05) is 18.3 Å². The molecular weight excluding hydrogens is 257 g/mol. The summed E-state index contributed by atoms with van der Waals surface area (Å²) in [6.45, 7) is 1.91. The van der Waals surface area contributed by atoms with Crippen molar-refractivity contribution in [3.05, 3.63) is 42.0 Å². The number of aryl methyl sites for hydroxylation is 2. The summed E-state index contributed by atoms with van der Waals surface area (Å²) in [5.41, 5.74) is 9.95. The van der Waals surface area contributed by atoms with Crippen LogP contribution in [0.15, 0.2) is 30.5 Å². The largest absolute Gasteiger partial charge is 0.383 e. The summed E-state index contributed by atoms with van der Waals surface area (Å²) in [6.07, 6.45) is 1.69. The van der Waals surface area contributed by atoms with E-state index in [-0.39, 0.29) is 5.82 Å². The van der Waals surface area contributed by atoms with Crippen molar-refractivity contribution in [3.63, 3.8) is 0 Å². The van der Waals surface area contributed by atoms with E-state index in [4.69, 9.17) is 5.73 Å². The van der Waals surface area contributed by atoms with Crippen LogP contribution in [0.4, 0.5) is 10.2 Å². The second-order valence-electron chi connectivity index (χ2n) is 4.65. The molecule has 3 N–H and O–H groups in total. The fraction of sp³-hybridized carbons (Fsp3) is 0.143. The summed E-state index contributed by atoms with van der Waals surface area (Å²) in [5, 5.41) is 11.3. The number of nitrogens with zero attached hydrogens (tertiary/aromatic N) is 3. The lowest BCUT2D eigenvalue weighted by molar-refractivity contribution is 0.628. The van der Waals surface area contributed by atoms with E-state index in [2.05, 4.69) is 15.3 Å². The Labute approximate surface area is 115 Å². The number of halogens is 1. The zero-order valence-electron chi connectivity index (χ0n) is 11.2. The Morgan fingerprint density at radius 1 is 1.35 bits per heavy atom. The van der Waals surface area contributed by atoms with Crippen LogP contribution < -0.4 is 5.73 Å². The van der Waals surface area contributed by atoms with Gasteiger partial charge in [-0.25, -0.2) is 4.39 Å². The highest BCUT2D eigenvalue weighted by atomic mass is 19.1. The highest BCUT2D eigenvalue weighted by Crippen LogP contribution is 2.36. The lowest BCUT2D eigenvalue weighted by Crippen LogP contribution is -1.98. The molecule has 0 aliphatic heterocycles. The molecule has 2 heterocycles. The van der Waals surface area contributed by atoms with Gasteiger partial charge in [-0.1, -0.05) is 12.1 Å². The maximum absolute atomic E-state index is 13.5. The molecule has 3 aromatic rings. The van der Waals surface area contributed by atoms with Crippen molar-refractivity contribution in [2.75, 3.05) is 5.73 Å². The number of nitrogens with two attached hydrogens (primary N) is 1. The Morgan fingerprint density at radius 2 is 2.15 bits per heavy atom. The fourth-order valence-corrected chi connectivity index (χ4v) is 2.24. The summed E-state index contributed by atoms with van der Waals surface area (Å²) in [6, 6.07) is 6.32. The number of benzene rings is 1. The Hall–Kier alpha value is -2.63. The van der Waals surface area contributed by atoms with Gasteiger partial charge in [-0.05, 0) is 24.6 Å². The number of rotatable bonds is 2. The molecule has 0 spiro atoms. The minimum absolute atomic E-state index is 0.305. The first kappa shape index (κ1) is 12.4. The molecule has 0 aliphatic carbocycles. The van der Waals surface area contributed by atoms with Gasteiger partial charge in [0.1, 0.15) is 17.3 Å². The number of hydrogen-bond donors (Lipinski definition) is 2. The van der Waals surface area contributed by atoms with Gasteiger partial charge in [0.2, 0.25) is 0 Å². The standard InChI is InChI=1S/C14H14FN5/c1-8-11(7-17-18-8)13-12(14(16)20(2)19-13)9-4-3-5-10(15)6-9/h3-7H,16H2,1-2H3,(H,17,18). The van der Waals surface area contributed by atoms with Crippen LogP contribution in [0.5, 0.6) is 0 Å². The van der Waals surface area contributed by atoms with Gasteiger partial charge in [0.05, 0.1) is 11.8 Å². The second-order valence-corrected chi connectivity index (χ2v) is 4.65. The van der Waals surface area contributed by atoms with Crippen LogP contribution in [-0.2, 0) is 7.05 Å². The second kappa shape index (κ2) is 4.48. The third kappa shape index (κ3) is 1.85. The van der Waals surface area contributed by atoms with E-state index in [1.807, 2.05) is 13.0 Å². The van der Waals surface area contributed by atoms with E-state index in [0.29, 0.717) is 17.1 Å².